The number of nitriles is 3. The molecule has 0 fully saturated rings. The van der Waals surface area contributed by atoms with Crippen LogP contribution in [-0.2, 0) is 0 Å². The van der Waals surface area contributed by atoms with E-state index in [2.05, 4.69) is 0 Å². The second-order valence-electron chi connectivity index (χ2n) is 6.78. The first-order chi connectivity index (χ1) is 12.9. The van der Waals surface area contributed by atoms with Gasteiger partial charge in [-0.15, -0.1) is 0 Å². The zero-order valence-electron chi connectivity index (χ0n) is 15.0. The maximum atomic E-state index is 14.8. The molecule has 1 aliphatic heterocycles. The molecule has 0 saturated carbocycles. The first-order valence-electron chi connectivity index (χ1n) is 8.38. The number of ether oxygens (including phenoxy) is 1. The van der Waals surface area contributed by atoms with Crippen molar-refractivity contribution in [1.82, 2.24) is 4.90 Å². The van der Waals surface area contributed by atoms with E-state index in [9.17, 15) is 20.2 Å². The minimum Gasteiger partial charge on any atom is -0.497 e. The Balaban J connectivity index is 2.37. The Labute approximate surface area is 157 Å². The Bertz CT molecular complexity index is 962. The fourth-order valence-electron chi connectivity index (χ4n) is 4.06. The molecule has 1 aromatic rings. The van der Waals surface area contributed by atoms with Crippen LogP contribution in [-0.4, -0.2) is 32.1 Å². The van der Waals surface area contributed by atoms with E-state index in [0.29, 0.717) is 24.4 Å². The summed E-state index contributed by atoms with van der Waals surface area (Å²) in [6, 6.07) is 10.3. The highest BCUT2D eigenvalue weighted by atomic mass is 19.1. The Morgan fingerprint density at radius 1 is 1.30 bits per heavy atom. The van der Waals surface area contributed by atoms with E-state index in [1.165, 1.54) is 25.3 Å². The molecule has 0 amide bonds. The molecule has 136 valence electrons. The number of halogens is 1. The van der Waals surface area contributed by atoms with Gasteiger partial charge in [0, 0.05) is 24.9 Å². The molecule has 0 spiro atoms. The van der Waals surface area contributed by atoms with Crippen LogP contribution in [0.4, 0.5) is 4.39 Å². The standard InChI is InChI=1S/C20H18FN5O/c1-26-6-5-13-15(8-22)19(25)20(10-23,11-24)18(16(13)9-26)14-7-12(27-2)3-4-17(14)21/h3-5,7,16,18H,6,9,25H2,1-2H3/t16-,18+/m1/s1. The molecule has 27 heavy (non-hydrogen) atoms. The summed E-state index contributed by atoms with van der Waals surface area (Å²) in [5.41, 5.74) is 5.22. The number of hydrogen-bond donors (Lipinski definition) is 1. The number of likely N-dealkylation sites (N-methyl/N-ethyl adjacent to an activating group) is 1. The Hall–Kier alpha value is -3.34. The van der Waals surface area contributed by atoms with Crippen molar-refractivity contribution < 1.29 is 9.13 Å². The van der Waals surface area contributed by atoms with Gasteiger partial charge in [-0.1, -0.05) is 6.08 Å². The van der Waals surface area contributed by atoms with Crippen LogP contribution >= 0.6 is 0 Å². The quantitative estimate of drug-likeness (QED) is 0.862. The molecule has 1 aromatic carbocycles. The SMILES string of the molecule is COc1ccc(F)c([C@H]2[C@@H]3CN(C)CC=C3C(C#N)=C(N)C2(C#N)C#N)c1. The summed E-state index contributed by atoms with van der Waals surface area (Å²) in [5.74, 6) is -1.42. The van der Waals surface area contributed by atoms with Crippen LogP contribution in [0.15, 0.2) is 41.1 Å². The van der Waals surface area contributed by atoms with Crippen molar-refractivity contribution in [3.8, 4) is 24.0 Å². The van der Waals surface area contributed by atoms with E-state index >= 15 is 0 Å². The third-order valence-corrected chi connectivity index (χ3v) is 5.39. The van der Waals surface area contributed by atoms with Crippen molar-refractivity contribution in [2.24, 2.45) is 17.1 Å². The van der Waals surface area contributed by atoms with Gasteiger partial charge in [0.25, 0.3) is 0 Å². The maximum Gasteiger partial charge on any atom is 0.191 e. The van der Waals surface area contributed by atoms with Gasteiger partial charge in [-0.05, 0) is 36.4 Å². The van der Waals surface area contributed by atoms with Crippen LogP contribution in [0.5, 0.6) is 5.75 Å². The average Bonchev–Trinajstić information content (AvgIpc) is 2.68. The highest BCUT2D eigenvalue weighted by Gasteiger charge is 2.55. The molecule has 2 aliphatic rings. The van der Waals surface area contributed by atoms with Gasteiger partial charge >= 0.3 is 0 Å². The molecule has 3 rings (SSSR count). The summed E-state index contributed by atoms with van der Waals surface area (Å²) in [4.78, 5) is 2.00. The van der Waals surface area contributed by atoms with Crippen LogP contribution in [0.25, 0.3) is 0 Å². The minimum atomic E-state index is -1.85. The third kappa shape index (κ3) is 2.63. The number of methoxy groups -OCH3 is 1. The zero-order chi connectivity index (χ0) is 19.8. The molecular weight excluding hydrogens is 345 g/mol. The van der Waals surface area contributed by atoms with Crippen LogP contribution in [0, 0.1) is 51.1 Å². The lowest BCUT2D eigenvalue weighted by Gasteiger charge is -2.45. The molecule has 2 atom stereocenters. The highest BCUT2D eigenvalue weighted by Crippen LogP contribution is 2.54. The molecule has 6 nitrogen and oxygen atoms in total. The van der Waals surface area contributed by atoms with Gasteiger partial charge < -0.3 is 15.4 Å². The molecule has 0 aromatic heterocycles. The van der Waals surface area contributed by atoms with E-state index in [4.69, 9.17) is 10.5 Å². The van der Waals surface area contributed by atoms with Crippen LogP contribution < -0.4 is 10.5 Å². The van der Waals surface area contributed by atoms with Crippen molar-refractivity contribution in [1.29, 1.82) is 15.8 Å². The number of hydrogen-bond acceptors (Lipinski definition) is 6. The Morgan fingerprint density at radius 3 is 2.59 bits per heavy atom. The van der Waals surface area contributed by atoms with Crippen molar-refractivity contribution in [3.63, 3.8) is 0 Å². The van der Waals surface area contributed by atoms with Crippen LogP contribution in [0.2, 0.25) is 0 Å². The van der Waals surface area contributed by atoms with Crippen molar-refractivity contribution in [3.05, 3.63) is 52.5 Å². The lowest BCUT2D eigenvalue weighted by Crippen LogP contribution is -2.47. The van der Waals surface area contributed by atoms with Crippen molar-refractivity contribution >= 4 is 0 Å². The summed E-state index contributed by atoms with van der Waals surface area (Å²) in [7, 11) is 3.35. The van der Waals surface area contributed by atoms with Crippen LogP contribution in [0.3, 0.4) is 0 Å². The average molecular weight is 363 g/mol. The molecule has 0 bridgehead atoms. The highest BCUT2D eigenvalue weighted by molar-refractivity contribution is 5.59. The van der Waals surface area contributed by atoms with E-state index in [1.807, 2.05) is 36.2 Å². The molecule has 1 aliphatic carbocycles. The van der Waals surface area contributed by atoms with Gasteiger partial charge in [-0.3, -0.25) is 0 Å². The lowest BCUT2D eigenvalue weighted by atomic mass is 9.58. The molecule has 0 saturated heterocycles. The minimum absolute atomic E-state index is 0.116. The van der Waals surface area contributed by atoms with Crippen LogP contribution in [0.1, 0.15) is 11.5 Å². The monoisotopic (exact) mass is 363 g/mol. The van der Waals surface area contributed by atoms with Gasteiger partial charge in [0.2, 0.25) is 0 Å². The van der Waals surface area contributed by atoms with Crippen molar-refractivity contribution in [2.45, 2.75) is 5.92 Å². The molecule has 2 N–H and O–H groups in total. The first kappa shape index (κ1) is 18.5. The molecule has 0 radical (unpaired) electrons. The number of nitrogens with zero attached hydrogens (tertiary/aromatic N) is 4. The topological polar surface area (TPSA) is 110 Å². The van der Waals surface area contributed by atoms with Gasteiger partial charge in [-0.2, -0.15) is 15.8 Å². The molecule has 0 unspecified atom stereocenters. The smallest absolute Gasteiger partial charge is 0.191 e. The Morgan fingerprint density at radius 2 is 2.00 bits per heavy atom. The van der Waals surface area contributed by atoms with Gasteiger partial charge in [0.05, 0.1) is 30.5 Å². The summed E-state index contributed by atoms with van der Waals surface area (Å²) in [6.07, 6.45) is 1.86. The summed E-state index contributed by atoms with van der Waals surface area (Å²) >= 11 is 0. The molecular formula is C20H18FN5O. The predicted octanol–water partition coefficient (Wildman–Crippen LogP) is 2.19. The van der Waals surface area contributed by atoms with E-state index in [1.54, 1.807) is 0 Å². The molecule has 1 heterocycles. The number of allylic oxidation sites excluding steroid dienone is 2. The van der Waals surface area contributed by atoms with Gasteiger partial charge in [0.1, 0.15) is 17.6 Å². The second kappa shape index (κ2) is 6.76. The number of benzene rings is 1. The van der Waals surface area contributed by atoms with Gasteiger partial charge in [0.15, 0.2) is 5.41 Å². The van der Waals surface area contributed by atoms with Gasteiger partial charge in [-0.25, -0.2) is 4.39 Å². The second-order valence-corrected chi connectivity index (χ2v) is 6.78. The largest absolute Gasteiger partial charge is 0.497 e. The lowest BCUT2D eigenvalue weighted by molar-refractivity contribution is 0.234. The summed E-state index contributed by atoms with van der Waals surface area (Å²) in [6.45, 7) is 1.07. The zero-order valence-corrected chi connectivity index (χ0v) is 15.0. The fourth-order valence-corrected chi connectivity index (χ4v) is 4.06. The number of rotatable bonds is 2. The normalized spacial score (nSPS) is 24.1. The molecule has 7 heteroatoms. The van der Waals surface area contributed by atoms with E-state index < -0.39 is 23.1 Å². The Kier molecular flexibility index (Phi) is 4.62. The summed E-state index contributed by atoms with van der Waals surface area (Å²) in [5, 5.41) is 29.5. The fraction of sp³-hybridized carbons (Fsp3) is 0.350. The maximum absolute atomic E-state index is 14.8. The summed E-state index contributed by atoms with van der Waals surface area (Å²) < 4.78 is 20.0. The van der Waals surface area contributed by atoms with E-state index in [0.717, 1.165) is 0 Å². The first-order valence-corrected chi connectivity index (χ1v) is 8.38. The number of nitrogens with two attached hydrogens (primary N) is 1. The van der Waals surface area contributed by atoms with E-state index in [-0.39, 0.29) is 16.8 Å². The third-order valence-electron chi connectivity index (χ3n) is 5.39. The van der Waals surface area contributed by atoms with Crippen molar-refractivity contribution in [2.75, 3.05) is 27.2 Å². The predicted molar refractivity (Wildman–Crippen MR) is 95.2 cm³/mol. The number of fused-ring (bicyclic) bond motifs is 1.